The van der Waals surface area contributed by atoms with Crippen LogP contribution in [-0.2, 0) is 16.2 Å². The smallest absolute Gasteiger partial charge is 0.255 e. The molecule has 0 saturated carbocycles. The average Bonchev–Trinajstić information content (AvgIpc) is 3.93. The number of benzene rings is 8. The summed E-state index contributed by atoms with van der Waals surface area (Å²) in [5.41, 5.74) is 18.1. The SMILES string of the molecule is CC(C)(C)c1ccnc(-n2c3ccc(-c4ccccc4)cc3c3ccc(Oc4cccc(-n5c[n+](-c6cc7c8c(c6)C(C)(C)c6cccc9c6N8c6c(cccc6C7(C)C)O9)c6ccccc65)c4)cc32)c1. The van der Waals surface area contributed by atoms with Crippen LogP contribution in [0.15, 0.2) is 188 Å². The molecule has 7 heteroatoms. The summed E-state index contributed by atoms with van der Waals surface area (Å²) < 4.78 is 20.5. The third kappa shape index (κ3) is 6.02. The fourth-order valence-electron chi connectivity index (χ4n) is 11.9. The lowest BCUT2D eigenvalue weighted by atomic mass is 9.66. The molecule has 0 radical (unpaired) electrons. The summed E-state index contributed by atoms with van der Waals surface area (Å²) in [6, 6.07) is 63.1. The Bertz CT molecular complexity index is 3970. The summed E-state index contributed by atoms with van der Waals surface area (Å²) in [6.07, 6.45) is 4.17. The van der Waals surface area contributed by atoms with Crippen molar-refractivity contribution in [2.24, 2.45) is 0 Å². The summed E-state index contributed by atoms with van der Waals surface area (Å²) in [4.78, 5) is 7.47. The van der Waals surface area contributed by atoms with Gasteiger partial charge in [0, 0.05) is 39.9 Å². The van der Waals surface area contributed by atoms with E-state index < -0.39 is 0 Å². The van der Waals surface area contributed by atoms with Gasteiger partial charge in [-0.3, -0.25) is 4.57 Å². The molecule has 6 heterocycles. The average molecular weight is 923 g/mol. The second kappa shape index (κ2) is 14.6. The van der Waals surface area contributed by atoms with Crippen LogP contribution in [0.4, 0.5) is 17.1 Å². The third-order valence-corrected chi connectivity index (χ3v) is 15.6. The van der Waals surface area contributed by atoms with Crippen LogP contribution in [0.2, 0.25) is 0 Å². The van der Waals surface area contributed by atoms with Crippen LogP contribution in [0.1, 0.15) is 76.3 Å². The highest BCUT2D eigenvalue weighted by atomic mass is 16.5. The van der Waals surface area contributed by atoms with Crippen LogP contribution >= 0.6 is 0 Å². The molecule has 8 aromatic carbocycles. The van der Waals surface area contributed by atoms with E-state index in [1.807, 2.05) is 12.3 Å². The number of hydrogen-bond donors (Lipinski definition) is 0. The lowest BCUT2D eigenvalue weighted by Crippen LogP contribution is -2.41. The molecule has 3 aliphatic heterocycles. The molecule has 0 amide bonds. The molecular formula is C64H52N5O2+. The van der Waals surface area contributed by atoms with Crippen molar-refractivity contribution < 1.29 is 14.0 Å². The van der Waals surface area contributed by atoms with Gasteiger partial charge < -0.3 is 14.4 Å². The maximum absolute atomic E-state index is 6.87. The number of rotatable bonds is 6. The minimum atomic E-state index is -0.300. The number of aromatic nitrogens is 4. The zero-order chi connectivity index (χ0) is 48.1. The minimum absolute atomic E-state index is 0.0380. The van der Waals surface area contributed by atoms with Gasteiger partial charge in [-0.2, -0.15) is 9.13 Å². The van der Waals surface area contributed by atoms with Crippen molar-refractivity contribution in [2.45, 2.75) is 64.7 Å². The van der Waals surface area contributed by atoms with Crippen LogP contribution in [0, 0.1) is 0 Å². The maximum atomic E-state index is 6.87. The van der Waals surface area contributed by atoms with Gasteiger partial charge in [0.2, 0.25) is 0 Å². The number of nitrogens with zero attached hydrogens (tertiary/aromatic N) is 5. The Kier molecular flexibility index (Phi) is 8.52. The largest absolute Gasteiger partial charge is 0.457 e. The van der Waals surface area contributed by atoms with E-state index in [0.29, 0.717) is 0 Å². The molecule has 7 nitrogen and oxygen atoms in total. The highest BCUT2D eigenvalue weighted by Crippen LogP contribution is 2.66. The summed E-state index contributed by atoms with van der Waals surface area (Å²) in [5.74, 6) is 4.19. The molecule has 14 rings (SSSR count). The van der Waals surface area contributed by atoms with E-state index in [1.165, 1.54) is 50.0 Å². The van der Waals surface area contributed by atoms with Gasteiger partial charge in [-0.05, 0) is 129 Å². The molecule has 0 fully saturated rings. The summed E-state index contributed by atoms with van der Waals surface area (Å²) in [5, 5.41) is 2.31. The van der Waals surface area contributed by atoms with E-state index in [1.54, 1.807) is 0 Å². The van der Waals surface area contributed by atoms with Gasteiger partial charge in [-0.15, -0.1) is 0 Å². The number of hydrogen-bond acceptors (Lipinski definition) is 4. The normalized spacial score (nSPS) is 14.7. The number of para-hydroxylation sites is 4. The van der Waals surface area contributed by atoms with Gasteiger partial charge in [-0.25, -0.2) is 4.98 Å². The highest BCUT2D eigenvalue weighted by Gasteiger charge is 2.50. The Morgan fingerprint density at radius 2 is 1.23 bits per heavy atom. The Morgan fingerprint density at radius 1 is 0.535 bits per heavy atom. The third-order valence-electron chi connectivity index (χ3n) is 15.6. The molecule has 344 valence electrons. The zero-order valence-electron chi connectivity index (χ0n) is 41.0. The number of imidazole rings is 1. The molecular weight excluding hydrogens is 871 g/mol. The first-order valence-corrected chi connectivity index (χ1v) is 24.7. The molecule has 0 spiro atoms. The van der Waals surface area contributed by atoms with Crippen molar-refractivity contribution in [3.63, 3.8) is 0 Å². The van der Waals surface area contributed by atoms with Crippen molar-refractivity contribution in [1.29, 1.82) is 0 Å². The Morgan fingerprint density at radius 3 is 1.96 bits per heavy atom. The van der Waals surface area contributed by atoms with E-state index >= 15 is 0 Å². The maximum Gasteiger partial charge on any atom is 0.255 e. The molecule has 3 aliphatic rings. The topological polar surface area (TPSA) is 48.3 Å². The number of ether oxygens (including phenoxy) is 2. The quantitative estimate of drug-likeness (QED) is 0.156. The van der Waals surface area contributed by atoms with Crippen LogP contribution < -0.4 is 18.9 Å². The number of anilines is 3. The van der Waals surface area contributed by atoms with Crippen molar-refractivity contribution in [3.8, 4) is 51.3 Å². The molecule has 11 aromatic rings. The fraction of sp³-hybridized carbons (Fsp3) is 0.156. The van der Waals surface area contributed by atoms with E-state index in [-0.39, 0.29) is 16.2 Å². The Hall–Kier alpha value is -8.42. The van der Waals surface area contributed by atoms with Gasteiger partial charge in [-0.1, -0.05) is 127 Å². The lowest BCUT2D eigenvalue weighted by Gasteiger charge is -2.51. The molecule has 0 atom stereocenters. The van der Waals surface area contributed by atoms with Gasteiger partial charge in [0.1, 0.15) is 28.7 Å². The first kappa shape index (κ1) is 41.5. The molecule has 0 unspecified atom stereocenters. The zero-order valence-corrected chi connectivity index (χ0v) is 41.0. The summed E-state index contributed by atoms with van der Waals surface area (Å²) in [6.45, 7) is 16.2. The predicted octanol–water partition coefficient (Wildman–Crippen LogP) is 16.0. The van der Waals surface area contributed by atoms with Gasteiger partial charge >= 0.3 is 0 Å². The van der Waals surface area contributed by atoms with Crippen molar-refractivity contribution in [2.75, 3.05) is 4.90 Å². The Balaban J connectivity index is 0.882. The molecule has 3 aromatic heterocycles. The fourth-order valence-corrected chi connectivity index (χ4v) is 11.9. The molecule has 0 N–H and O–H groups in total. The Labute approximate surface area is 413 Å². The molecule has 0 bridgehead atoms. The van der Waals surface area contributed by atoms with Crippen LogP contribution in [-0.4, -0.2) is 14.1 Å². The molecule has 0 saturated heterocycles. The first-order valence-electron chi connectivity index (χ1n) is 24.7. The molecule has 0 aliphatic carbocycles. The summed E-state index contributed by atoms with van der Waals surface area (Å²) in [7, 11) is 0. The number of fused-ring (bicyclic) bond motifs is 4. The first-order chi connectivity index (χ1) is 34.3. The highest BCUT2D eigenvalue weighted by molar-refractivity contribution is 6.11. The minimum Gasteiger partial charge on any atom is -0.457 e. The monoisotopic (exact) mass is 922 g/mol. The standard InChI is InChI=1S/C64H52N5O2/c1-62(2,3)41-30-31-65-58(33-41)68-52-29-26-40(39-16-9-8-10-17-39)32-47(52)46-28-27-45(37-55(46)68)70-44-19-13-18-42(34-44)66-38-67(54-23-12-11-22-53(54)66)43-35-50-59-51(36-43)64(6,7)49-21-15-25-57-61(49)69(59)60-48(63(50,4)5)20-14-24-56(60)71-57/h8-38H,1-7H3/q+1. The van der Waals surface area contributed by atoms with Crippen LogP contribution in [0.3, 0.4) is 0 Å². The van der Waals surface area contributed by atoms with E-state index in [0.717, 1.165) is 79.0 Å². The molecule has 71 heavy (non-hydrogen) atoms. The van der Waals surface area contributed by atoms with Gasteiger partial charge in [0.05, 0.1) is 28.1 Å². The summed E-state index contributed by atoms with van der Waals surface area (Å²) >= 11 is 0. The lowest BCUT2D eigenvalue weighted by molar-refractivity contribution is -0.567. The van der Waals surface area contributed by atoms with Gasteiger partial charge in [0.15, 0.2) is 22.5 Å². The second-order valence-electron chi connectivity index (χ2n) is 21.6. The van der Waals surface area contributed by atoms with Crippen LogP contribution in [0.5, 0.6) is 23.0 Å². The van der Waals surface area contributed by atoms with Crippen molar-refractivity contribution in [3.05, 3.63) is 216 Å². The van der Waals surface area contributed by atoms with Crippen molar-refractivity contribution in [1.82, 2.24) is 14.1 Å². The van der Waals surface area contributed by atoms with Gasteiger partial charge in [0.25, 0.3) is 6.33 Å². The van der Waals surface area contributed by atoms with Crippen molar-refractivity contribution >= 4 is 49.9 Å². The van der Waals surface area contributed by atoms with E-state index in [9.17, 15) is 0 Å². The van der Waals surface area contributed by atoms with Crippen LogP contribution in [0.25, 0.3) is 61.2 Å². The van der Waals surface area contributed by atoms with E-state index in [2.05, 4.69) is 243 Å². The number of pyridine rings is 1. The van der Waals surface area contributed by atoms with E-state index in [4.69, 9.17) is 14.5 Å². The second-order valence-corrected chi connectivity index (χ2v) is 21.6. The predicted molar refractivity (Wildman–Crippen MR) is 287 cm³/mol.